The van der Waals surface area contributed by atoms with Crippen LogP contribution in [0.25, 0.3) is 0 Å². The van der Waals surface area contributed by atoms with Crippen LogP contribution in [0.5, 0.6) is 17.2 Å². The van der Waals surface area contributed by atoms with Crippen LogP contribution in [0, 0.1) is 5.92 Å². The Bertz CT molecular complexity index is 880. The van der Waals surface area contributed by atoms with E-state index >= 15 is 0 Å². The molecular weight excluding hydrogens is 501 g/mol. The van der Waals surface area contributed by atoms with Crippen molar-refractivity contribution in [2.24, 2.45) is 11.1 Å². The lowest BCUT2D eigenvalue weighted by molar-refractivity contribution is -0.129. The van der Waals surface area contributed by atoms with Crippen molar-refractivity contribution in [1.82, 2.24) is 9.80 Å². The van der Waals surface area contributed by atoms with E-state index in [4.69, 9.17) is 19.0 Å². The maximum Gasteiger partial charge on any atom is 0.250 e. The highest BCUT2D eigenvalue weighted by molar-refractivity contribution is 14.1. The van der Waals surface area contributed by atoms with Crippen LogP contribution in [-0.4, -0.2) is 81.1 Å². The Hall–Kier alpha value is -2.01. The molecule has 0 aliphatic carbocycles. The van der Waals surface area contributed by atoms with Gasteiger partial charge in [-0.3, -0.25) is 9.69 Å². The monoisotopic (exact) mass is 527 g/mol. The van der Waals surface area contributed by atoms with Gasteiger partial charge >= 0.3 is 0 Å². The Morgan fingerprint density at radius 2 is 1.93 bits per heavy atom. The number of piperazine rings is 1. The first kappa shape index (κ1) is 21.2. The SMILES string of the molecule is COc1cc2c(cc1OC)C1=NOC(CN3CCN(C(=O)C(C)=CI)CC3)C1CO2. The summed E-state index contributed by atoms with van der Waals surface area (Å²) in [6.45, 7) is 6.23. The third-order valence-corrected chi connectivity index (χ3v) is 6.80. The van der Waals surface area contributed by atoms with E-state index in [2.05, 4.69) is 32.6 Å². The number of hydrogen-bond donors (Lipinski definition) is 0. The molecular formula is C21H26IN3O5. The molecule has 1 saturated heterocycles. The highest BCUT2D eigenvalue weighted by Gasteiger charge is 2.41. The smallest absolute Gasteiger partial charge is 0.250 e. The van der Waals surface area contributed by atoms with Crippen molar-refractivity contribution in [3.05, 3.63) is 27.4 Å². The molecule has 1 fully saturated rings. The van der Waals surface area contributed by atoms with Gasteiger partial charge in [0.1, 0.15) is 18.1 Å². The van der Waals surface area contributed by atoms with Crippen LogP contribution in [0.4, 0.5) is 0 Å². The second-order valence-electron chi connectivity index (χ2n) is 7.63. The third kappa shape index (κ3) is 3.96. The lowest BCUT2D eigenvalue weighted by Gasteiger charge is -2.36. The standard InChI is InChI=1S/C21H26IN3O5/c1-13(10-22)21(26)25-6-4-24(5-7-25)11-19-15-12-29-16-9-18(28-3)17(27-2)8-14(16)20(15)23-30-19/h8-10,15,19H,4-7,11-12H2,1-3H3. The maximum absolute atomic E-state index is 12.3. The minimum atomic E-state index is -0.0699. The molecule has 0 bridgehead atoms. The van der Waals surface area contributed by atoms with Gasteiger partial charge in [-0.05, 0) is 17.1 Å². The first-order valence-electron chi connectivity index (χ1n) is 9.97. The van der Waals surface area contributed by atoms with E-state index in [1.807, 2.05) is 28.0 Å². The molecule has 9 heteroatoms. The number of halogens is 1. The zero-order valence-electron chi connectivity index (χ0n) is 17.4. The zero-order chi connectivity index (χ0) is 21.3. The van der Waals surface area contributed by atoms with E-state index < -0.39 is 0 Å². The van der Waals surface area contributed by atoms with E-state index in [0.29, 0.717) is 18.1 Å². The molecule has 1 aromatic rings. The maximum atomic E-state index is 12.3. The average Bonchev–Trinajstić information content (AvgIpc) is 3.20. The lowest BCUT2D eigenvalue weighted by atomic mass is 9.90. The number of rotatable bonds is 5. The number of oxime groups is 1. The van der Waals surface area contributed by atoms with Crippen LogP contribution in [0.2, 0.25) is 0 Å². The fraction of sp³-hybridized carbons (Fsp3) is 0.524. The normalized spacial score (nSPS) is 23.7. The molecule has 0 saturated carbocycles. The number of carbonyl (C=O) groups is 1. The van der Waals surface area contributed by atoms with E-state index in [0.717, 1.165) is 55.3 Å². The van der Waals surface area contributed by atoms with Gasteiger partial charge < -0.3 is 23.9 Å². The molecule has 2 atom stereocenters. The summed E-state index contributed by atoms with van der Waals surface area (Å²) in [5.41, 5.74) is 2.58. The summed E-state index contributed by atoms with van der Waals surface area (Å²) < 4.78 is 18.6. The van der Waals surface area contributed by atoms with E-state index in [1.165, 1.54) is 0 Å². The zero-order valence-corrected chi connectivity index (χ0v) is 19.5. The van der Waals surface area contributed by atoms with Crippen molar-refractivity contribution >= 4 is 34.2 Å². The second kappa shape index (κ2) is 9.01. The molecule has 1 aromatic carbocycles. The van der Waals surface area contributed by atoms with Crippen molar-refractivity contribution in [2.45, 2.75) is 13.0 Å². The van der Waals surface area contributed by atoms with Gasteiger partial charge in [-0.2, -0.15) is 0 Å². The average molecular weight is 527 g/mol. The number of benzene rings is 1. The summed E-state index contributed by atoms with van der Waals surface area (Å²) in [6, 6.07) is 3.74. The quantitative estimate of drug-likeness (QED) is 0.433. The number of methoxy groups -OCH3 is 2. The third-order valence-electron chi connectivity index (χ3n) is 5.87. The number of amides is 1. The molecule has 4 rings (SSSR count). The number of ether oxygens (including phenoxy) is 3. The van der Waals surface area contributed by atoms with Crippen LogP contribution in [0.1, 0.15) is 12.5 Å². The molecule has 2 unspecified atom stereocenters. The van der Waals surface area contributed by atoms with Gasteiger partial charge in [0.15, 0.2) is 17.6 Å². The number of carbonyl (C=O) groups excluding carboxylic acids is 1. The molecule has 3 aliphatic heterocycles. The summed E-state index contributed by atoms with van der Waals surface area (Å²) in [5.74, 6) is 2.19. The van der Waals surface area contributed by atoms with Crippen molar-refractivity contribution in [3.8, 4) is 17.2 Å². The number of nitrogens with zero attached hydrogens (tertiary/aromatic N) is 3. The fourth-order valence-corrected chi connectivity index (χ4v) is 4.35. The van der Waals surface area contributed by atoms with Crippen LogP contribution in [0.3, 0.4) is 0 Å². The van der Waals surface area contributed by atoms with Gasteiger partial charge in [0.2, 0.25) is 5.91 Å². The Kier molecular flexibility index (Phi) is 6.37. The molecule has 162 valence electrons. The van der Waals surface area contributed by atoms with Crippen LogP contribution in [0.15, 0.2) is 26.9 Å². The molecule has 3 heterocycles. The molecule has 3 aliphatic rings. The largest absolute Gasteiger partial charge is 0.493 e. The van der Waals surface area contributed by atoms with Gasteiger partial charge in [0.25, 0.3) is 0 Å². The number of hydrogen-bond acceptors (Lipinski definition) is 7. The van der Waals surface area contributed by atoms with Crippen molar-refractivity contribution in [1.29, 1.82) is 0 Å². The first-order chi connectivity index (χ1) is 14.5. The van der Waals surface area contributed by atoms with Gasteiger partial charge in [-0.25, -0.2) is 0 Å². The molecule has 0 radical (unpaired) electrons. The second-order valence-corrected chi connectivity index (χ2v) is 8.25. The fourth-order valence-electron chi connectivity index (χ4n) is 4.08. The summed E-state index contributed by atoms with van der Waals surface area (Å²) in [6.07, 6.45) is -0.0699. The molecule has 0 aromatic heterocycles. The Labute approximate surface area is 189 Å². The Morgan fingerprint density at radius 3 is 2.60 bits per heavy atom. The molecule has 0 spiro atoms. The lowest BCUT2D eigenvalue weighted by Crippen LogP contribution is -2.51. The van der Waals surface area contributed by atoms with Gasteiger partial charge in [0, 0.05) is 49.9 Å². The Balaban J connectivity index is 1.39. The van der Waals surface area contributed by atoms with Crippen molar-refractivity contribution < 1.29 is 23.8 Å². The molecule has 1 amide bonds. The molecule has 0 N–H and O–H groups in total. The predicted octanol–water partition coefficient (Wildman–Crippen LogP) is 2.30. The van der Waals surface area contributed by atoms with E-state index in [1.54, 1.807) is 14.2 Å². The minimum Gasteiger partial charge on any atom is -0.493 e. The van der Waals surface area contributed by atoms with Crippen LogP contribution < -0.4 is 14.2 Å². The van der Waals surface area contributed by atoms with Crippen molar-refractivity contribution in [3.63, 3.8) is 0 Å². The topological polar surface area (TPSA) is 72.8 Å². The summed E-state index contributed by atoms with van der Waals surface area (Å²) in [4.78, 5) is 22.4. The van der Waals surface area contributed by atoms with Crippen molar-refractivity contribution in [2.75, 3.05) is 53.6 Å². The summed E-state index contributed by atoms with van der Waals surface area (Å²) in [5, 5.41) is 4.40. The molecule has 30 heavy (non-hydrogen) atoms. The number of fused-ring (bicyclic) bond motifs is 3. The van der Waals surface area contributed by atoms with Crippen LogP contribution in [-0.2, 0) is 9.63 Å². The first-order valence-corrected chi connectivity index (χ1v) is 11.2. The van der Waals surface area contributed by atoms with Crippen LogP contribution >= 0.6 is 22.6 Å². The molecule has 8 nitrogen and oxygen atoms in total. The highest BCUT2D eigenvalue weighted by Crippen LogP contribution is 2.40. The minimum absolute atomic E-state index is 0.0689. The van der Waals surface area contributed by atoms with E-state index in [-0.39, 0.29) is 17.9 Å². The predicted molar refractivity (Wildman–Crippen MR) is 121 cm³/mol. The highest BCUT2D eigenvalue weighted by atomic mass is 127. The Morgan fingerprint density at radius 1 is 1.23 bits per heavy atom. The van der Waals surface area contributed by atoms with Gasteiger partial charge in [0.05, 0.1) is 20.1 Å². The van der Waals surface area contributed by atoms with E-state index in [9.17, 15) is 4.79 Å². The van der Waals surface area contributed by atoms with Gasteiger partial charge in [-0.15, -0.1) is 0 Å². The summed E-state index contributed by atoms with van der Waals surface area (Å²) in [7, 11) is 3.22. The van der Waals surface area contributed by atoms with Gasteiger partial charge in [-0.1, -0.05) is 27.7 Å². The summed E-state index contributed by atoms with van der Waals surface area (Å²) >= 11 is 2.11.